The molecule has 2 heterocycles. The smallest absolute Gasteiger partial charge is 0.249 e. The highest BCUT2D eigenvalue weighted by Gasteiger charge is 2.23. The van der Waals surface area contributed by atoms with Gasteiger partial charge in [-0.1, -0.05) is 24.3 Å². The summed E-state index contributed by atoms with van der Waals surface area (Å²) in [6, 6.07) is 6.64. The number of amides is 1. The lowest BCUT2D eigenvalue weighted by Gasteiger charge is -2.26. The lowest BCUT2D eigenvalue weighted by atomic mass is 10.00. The predicted octanol–water partition coefficient (Wildman–Crippen LogP) is 2.34. The Morgan fingerprint density at radius 2 is 2.08 bits per heavy atom. The maximum absolute atomic E-state index is 12.1. The number of hydrogen-bond donors (Lipinski definition) is 1. The molecule has 0 aromatic heterocycles. The van der Waals surface area contributed by atoms with Gasteiger partial charge in [-0.15, -0.1) is 0 Å². The van der Waals surface area contributed by atoms with Crippen LogP contribution in [-0.2, 0) is 28.9 Å². The van der Waals surface area contributed by atoms with Crippen molar-refractivity contribution in [2.75, 3.05) is 19.7 Å². The Hall–Kier alpha value is -2.07. The van der Waals surface area contributed by atoms with Gasteiger partial charge in [0, 0.05) is 31.9 Å². The van der Waals surface area contributed by atoms with E-state index < -0.39 is 0 Å². The first-order valence-corrected chi connectivity index (χ1v) is 8.93. The molecular formula is C20H24N2O2. The third-order valence-electron chi connectivity index (χ3n) is 5.16. The summed E-state index contributed by atoms with van der Waals surface area (Å²) in [5.41, 5.74) is 5.39. The Morgan fingerprint density at radius 3 is 2.79 bits per heavy atom. The van der Waals surface area contributed by atoms with Gasteiger partial charge in [0.2, 0.25) is 5.91 Å². The highest BCUT2D eigenvalue weighted by Crippen LogP contribution is 2.22. The van der Waals surface area contributed by atoms with Crippen LogP contribution in [0, 0.1) is 0 Å². The number of benzene rings is 1. The van der Waals surface area contributed by atoms with Crippen molar-refractivity contribution in [3.8, 4) is 0 Å². The summed E-state index contributed by atoms with van der Waals surface area (Å²) in [6.07, 6.45) is 10.2. The van der Waals surface area contributed by atoms with E-state index in [1.165, 1.54) is 22.4 Å². The standard InChI is InChI=1S/C20H24N2O2/c23-20(19-5-2-12-24-19)21-14-15-6-7-16-8-10-22(18-3-1-4-18)11-9-17(16)13-15/h1,3-4,6-7,13,19H,2,5,8-12,14H2,(H,21,23)/t19-/m0/s1. The van der Waals surface area contributed by atoms with Crippen molar-refractivity contribution >= 4 is 5.91 Å². The molecule has 1 saturated heterocycles. The molecule has 3 aliphatic rings. The normalized spacial score (nSPS) is 22.4. The van der Waals surface area contributed by atoms with E-state index in [9.17, 15) is 4.79 Å². The zero-order valence-electron chi connectivity index (χ0n) is 14.0. The summed E-state index contributed by atoms with van der Waals surface area (Å²) >= 11 is 0. The molecule has 4 heteroatoms. The molecule has 1 N–H and O–H groups in total. The molecule has 0 saturated carbocycles. The monoisotopic (exact) mass is 324 g/mol. The van der Waals surface area contributed by atoms with Gasteiger partial charge in [0.05, 0.1) is 0 Å². The fourth-order valence-corrected chi connectivity index (χ4v) is 3.63. The van der Waals surface area contributed by atoms with Crippen LogP contribution in [0.3, 0.4) is 0 Å². The topological polar surface area (TPSA) is 41.6 Å². The molecule has 1 aromatic carbocycles. The number of ether oxygens (including phenoxy) is 1. The van der Waals surface area contributed by atoms with Gasteiger partial charge in [-0.25, -0.2) is 0 Å². The van der Waals surface area contributed by atoms with E-state index in [-0.39, 0.29) is 12.0 Å². The Bertz CT molecular complexity index is 687. The molecule has 0 radical (unpaired) electrons. The summed E-state index contributed by atoms with van der Waals surface area (Å²) in [7, 11) is 0. The Labute approximate surface area is 143 Å². The van der Waals surface area contributed by atoms with E-state index >= 15 is 0 Å². The fraction of sp³-hybridized carbons (Fsp3) is 0.450. The summed E-state index contributed by atoms with van der Waals surface area (Å²) in [6.45, 7) is 3.44. The third-order valence-corrected chi connectivity index (χ3v) is 5.16. The number of nitrogens with zero attached hydrogens (tertiary/aromatic N) is 1. The highest BCUT2D eigenvalue weighted by molar-refractivity contribution is 5.80. The number of carbonyl (C=O) groups is 1. The van der Waals surface area contributed by atoms with Crippen LogP contribution < -0.4 is 5.32 Å². The van der Waals surface area contributed by atoms with E-state index in [2.05, 4.69) is 46.6 Å². The first-order valence-electron chi connectivity index (χ1n) is 8.93. The lowest BCUT2D eigenvalue weighted by Crippen LogP contribution is -2.33. The van der Waals surface area contributed by atoms with Gasteiger partial charge in [-0.3, -0.25) is 4.79 Å². The molecule has 24 heavy (non-hydrogen) atoms. The lowest BCUT2D eigenvalue weighted by molar-refractivity contribution is -0.130. The van der Waals surface area contributed by atoms with Crippen molar-refractivity contribution in [3.63, 3.8) is 0 Å². The Morgan fingerprint density at radius 1 is 1.25 bits per heavy atom. The van der Waals surface area contributed by atoms with Crippen molar-refractivity contribution < 1.29 is 9.53 Å². The molecule has 0 spiro atoms. The van der Waals surface area contributed by atoms with E-state index in [1.807, 2.05) is 0 Å². The van der Waals surface area contributed by atoms with Crippen LogP contribution in [-0.4, -0.2) is 36.6 Å². The average Bonchev–Trinajstić information content (AvgIpc) is 3.01. The molecule has 1 aliphatic carbocycles. The fourth-order valence-electron chi connectivity index (χ4n) is 3.63. The molecule has 2 aliphatic heterocycles. The Kier molecular flexibility index (Phi) is 4.39. The zero-order chi connectivity index (χ0) is 16.4. The minimum absolute atomic E-state index is 0.0253. The van der Waals surface area contributed by atoms with Gasteiger partial charge in [0.15, 0.2) is 0 Å². The highest BCUT2D eigenvalue weighted by atomic mass is 16.5. The van der Waals surface area contributed by atoms with Gasteiger partial charge in [0.25, 0.3) is 0 Å². The zero-order valence-corrected chi connectivity index (χ0v) is 14.0. The number of fused-ring (bicyclic) bond motifs is 1. The van der Waals surface area contributed by atoms with Crippen LogP contribution in [0.15, 0.2) is 42.1 Å². The number of rotatable bonds is 4. The van der Waals surface area contributed by atoms with E-state index in [1.54, 1.807) is 0 Å². The van der Waals surface area contributed by atoms with Crippen molar-refractivity contribution in [3.05, 3.63) is 58.8 Å². The summed E-state index contributed by atoms with van der Waals surface area (Å²) < 4.78 is 5.43. The second-order valence-corrected chi connectivity index (χ2v) is 6.76. The van der Waals surface area contributed by atoms with Gasteiger partial charge in [0.1, 0.15) is 6.10 Å². The first-order chi connectivity index (χ1) is 11.8. The molecule has 4 nitrogen and oxygen atoms in total. The second kappa shape index (κ2) is 6.81. The molecule has 1 atom stereocenters. The molecule has 126 valence electrons. The minimum atomic E-state index is -0.247. The van der Waals surface area contributed by atoms with Crippen LogP contribution >= 0.6 is 0 Å². The van der Waals surface area contributed by atoms with Gasteiger partial charge in [-0.2, -0.15) is 0 Å². The van der Waals surface area contributed by atoms with E-state index in [4.69, 9.17) is 4.74 Å². The maximum atomic E-state index is 12.1. The molecule has 4 rings (SSSR count). The predicted molar refractivity (Wildman–Crippen MR) is 93.5 cm³/mol. The van der Waals surface area contributed by atoms with Crippen LogP contribution in [0.2, 0.25) is 0 Å². The van der Waals surface area contributed by atoms with Crippen molar-refractivity contribution in [2.45, 2.75) is 38.3 Å². The quantitative estimate of drug-likeness (QED) is 0.924. The molecule has 1 aromatic rings. The molecule has 1 fully saturated rings. The van der Waals surface area contributed by atoms with Gasteiger partial charge >= 0.3 is 0 Å². The van der Waals surface area contributed by atoms with Crippen molar-refractivity contribution in [1.29, 1.82) is 0 Å². The van der Waals surface area contributed by atoms with Crippen molar-refractivity contribution in [1.82, 2.24) is 10.2 Å². The van der Waals surface area contributed by atoms with E-state index in [0.717, 1.165) is 38.8 Å². The largest absolute Gasteiger partial charge is 0.371 e. The number of allylic oxidation sites excluding steroid dienone is 3. The van der Waals surface area contributed by atoms with Crippen molar-refractivity contribution in [2.24, 2.45) is 0 Å². The summed E-state index contributed by atoms with van der Waals surface area (Å²) in [5.74, 6) is 0.0253. The van der Waals surface area contributed by atoms with Crippen LogP contribution in [0.25, 0.3) is 0 Å². The maximum Gasteiger partial charge on any atom is 0.249 e. The SMILES string of the molecule is O=C(NCc1ccc2c(c1)CCN(C1=CC=C1)CC2)[C@@H]1CCCO1. The van der Waals surface area contributed by atoms with Crippen LogP contribution in [0.1, 0.15) is 29.5 Å². The van der Waals surface area contributed by atoms with Crippen LogP contribution in [0.4, 0.5) is 0 Å². The number of hydrogen-bond acceptors (Lipinski definition) is 3. The van der Waals surface area contributed by atoms with Gasteiger partial charge in [-0.05, 0) is 54.5 Å². The molecule has 1 amide bonds. The summed E-state index contributed by atoms with van der Waals surface area (Å²) in [5, 5.41) is 3.02. The van der Waals surface area contributed by atoms with Crippen LogP contribution in [0.5, 0.6) is 0 Å². The minimum Gasteiger partial charge on any atom is -0.371 e. The second-order valence-electron chi connectivity index (χ2n) is 6.76. The number of carbonyl (C=O) groups excluding carboxylic acids is 1. The first kappa shape index (κ1) is 15.5. The number of nitrogens with one attached hydrogen (secondary N) is 1. The Balaban J connectivity index is 1.37. The van der Waals surface area contributed by atoms with E-state index in [0.29, 0.717) is 13.2 Å². The average molecular weight is 324 g/mol. The molecule has 0 unspecified atom stereocenters. The molecule has 0 bridgehead atoms. The molecular weight excluding hydrogens is 300 g/mol. The van der Waals surface area contributed by atoms with Gasteiger partial charge < -0.3 is 15.0 Å². The third kappa shape index (κ3) is 3.24. The summed E-state index contributed by atoms with van der Waals surface area (Å²) in [4.78, 5) is 14.5.